The Morgan fingerprint density at radius 3 is 2.60 bits per heavy atom. The summed E-state index contributed by atoms with van der Waals surface area (Å²) in [6.07, 6.45) is 4.56. The largest absolute Gasteiger partial charge is 0.397 e. The highest BCUT2D eigenvalue weighted by Crippen LogP contribution is 2.36. The highest BCUT2D eigenvalue weighted by atomic mass is 32.2. The molecule has 1 aliphatic heterocycles. The van der Waals surface area contributed by atoms with Gasteiger partial charge in [-0.25, -0.2) is 22.5 Å². The number of nitrogens with two attached hydrogens (primary N) is 2. The van der Waals surface area contributed by atoms with Gasteiger partial charge in [-0.05, 0) is 43.9 Å². The van der Waals surface area contributed by atoms with E-state index in [9.17, 15) is 8.42 Å². The molecule has 12 heteroatoms. The number of benzene rings is 1. The van der Waals surface area contributed by atoms with Crippen molar-refractivity contribution in [2.45, 2.75) is 39.2 Å². The predicted molar refractivity (Wildman–Crippen MR) is 134 cm³/mol. The lowest BCUT2D eigenvalue weighted by Gasteiger charge is -2.29. The fourth-order valence-corrected chi connectivity index (χ4v) is 5.90. The summed E-state index contributed by atoms with van der Waals surface area (Å²) in [5, 5.41) is 8.63. The molecule has 1 aromatic carbocycles. The zero-order valence-corrected chi connectivity index (χ0v) is 20.3. The Hall–Kier alpha value is -3.77. The molecule has 0 atom stereocenters. The van der Waals surface area contributed by atoms with Crippen LogP contribution in [0.25, 0.3) is 21.9 Å². The number of anilines is 4. The van der Waals surface area contributed by atoms with Gasteiger partial charge in [0.15, 0.2) is 17.5 Å². The normalized spacial score (nSPS) is 15.5. The van der Waals surface area contributed by atoms with Crippen molar-refractivity contribution < 1.29 is 12.8 Å². The fourth-order valence-electron chi connectivity index (χ4n) is 4.25. The van der Waals surface area contributed by atoms with Crippen molar-refractivity contribution in [1.82, 2.24) is 24.1 Å². The fraction of sp³-hybridized carbons (Fsp3) is 0.261. The molecule has 182 valence electrons. The molecular weight excluding hydrogens is 471 g/mol. The molecule has 0 radical (unpaired) electrons. The number of hydrogen-bond acceptors (Lipinski definition) is 8. The third kappa shape index (κ3) is 3.94. The summed E-state index contributed by atoms with van der Waals surface area (Å²) in [7, 11) is -3.44. The van der Waals surface area contributed by atoms with Crippen molar-refractivity contribution in [3.8, 4) is 11.1 Å². The SMILES string of the molecule is Cc1c(N)cncc1-c1cc2cc(Nc3cc4n(n3)CS(=O)(=O)N(C(C)C)C4)ncc2c(N)c1F. The van der Waals surface area contributed by atoms with Crippen LogP contribution in [0.5, 0.6) is 0 Å². The molecule has 0 saturated heterocycles. The van der Waals surface area contributed by atoms with Crippen LogP contribution in [0.15, 0.2) is 36.8 Å². The van der Waals surface area contributed by atoms with Crippen molar-refractivity contribution >= 4 is 43.8 Å². The summed E-state index contributed by atoms with van der Waals surface area (Å²) in [6, 6.07) is 5.06. The third-order valence-electron chi connectivity index (χ3n) is 6.20. The molecule has 0 spiro atoms. The number of sulfonamides is 1. The minimum absolute atomic E-state index is 0.0187. The van der Waals surface area contributed by atoms with Crippen LogP contribution in [0.3, 0.4) is 0 Å². The van der Waals surface area contributed by atoms with E-state index in [0.29, 0.717) is 44.8 Å². The molecular formula is C23H25FN8O2S. The molecule has 0 bridgehead atoms. The predicted octanol–water partition coefficient (Wildman–Crippen LogP) is 3.36. The van der Waals surface area contributed by atoms with Gasteiger partial charge in [-0.3, -0.25) is 4.98 Å². The lowest BCUT2D eigenvalue weighted by Crippen LogP contribution is -2.42. The van der Waals surface area contributed by atoms with E-state index in [4.69, 9.17) is 11.5 Å². The van der Waals surface area contributed by atoms with Crippen molar-refractivity contribution in [2.75, 3.05) is 16.8 Å². The molecule has 5 rings (SSSR count). The maximum Gasteiger partial charge on any atom is 0.235 e. The zero-order valence-electron chi connectivity index (χ0n) is 19.4. The molecule has 0 fully saturated rings. The Balaban J connectivity index is 1.51. The molecule has 3 aromatic heterocycles. The summed E-state index contributed by atoms with van der Waals surface area (Å²) in [5.41, 5.74) is 14.8. The number of nitrogens with zero attached hydrogens (tertiary/aromatic N) is 5. The highest BCUT2D eigenvalue weighted by molar-refractivity contribution is 7.88. The number of hydrogen-bond donors (Lipinski definition) is 3. The molecule has 4 heterocycles. The van der Waals surface area contributed by atoms with E-state index in [0.717, 1.165) is 5.69 Å². The first-order valence-corrected chi connectivity index (χ1v) is 12.6. The third-order valence-corrected chi connectivity index (χ3v) is 8.04. The van der Waals surface area contributed by atoms with E-state index in [1.165, 1.54) is 21.4 Å². The second-order valence-electron chi connectivity index (χ2n) is 8.87. The Labute approximate surface area is 201 Å². The molecule has 0 saturated carbocycles. The average molecular weight is 497 g/mol. The zero-order chi connectivity index (χ0) is 25.1. The minimum Gasteiger partial charge on any atom is -0.397 e. The van der Waals surface area contributed by atoms with E-state index in [2.05, 4.69) is 20.4 Å². The molecule has 1 aliphatic rings. The number of pyridine rings is 2. The van der Waals surface area contributed by atoms with Gasteiger partial charge in [-0.2, -0.15) is 9.40 Å². The average Bonchev–Trinajstić information content (AvgIpc) is 3.17. The van der Waals surface area contributed by atoms with E-state index >= 15 is 4.39 Å². The molecule has 10 nitrogen and oxygen atoms in total. The second kappa shape index (κ2) is 8.17. The van der Waals surface area contributed by atoms with Crippen molar-refractivity contribution in [3.05, 3.63) is 53.9 Å². The first-order chi connectivity index (χ1) is 16.5. The Morgan fingerprint density at radius 1 is 1.09 bits per heavy atom. The summed E-state index contributed by atoms with van der Waals surface area (Å²) >= 11 is 0. The molecule has 4 aromatic rings. The van der Waals surface area contributed by atoms with Crippen LogP contribution in [-0.2, 0) is 22.4 Å². The van der Waals surface area contributed by atoms with Gasteiger partial charge in [-0.15, -0.1) is 0 Å². The van der Waals surface area contributed by atoms with Gasteiger partial charge < -0.3 is 16.8 Å². The van der Waals surface area contributed by atoms with Gasteiger partial charge in [0.2, 0.25) is 10.0 Å². The lowest BCUT2D eigenvalue weighted by atomic mass is 9.97. The quantitative estimate of drug-likeness (QED) is 0.365. The number of halogens is 1. The number of fused-ring (bicyclic) bond motifs is 2. The van der Waals surface area contributed by atoms with Crippen LogP contribution in [0.1, 0.15) is 25.1 Å². The van der Waals surface area contributed by atoms with E-state index in [-0.39, 0.29) is 24.2 Å². The van der Waals surface area contributed by atoms with Gasteiger partial charge in [0, 0.05) is 41.0 Å². The monoisotopic (exact) mass is 496 g/mol. The summed E-state index contributed by atoms with van der Waals surface area (Å²) in [4.78, 5) is 8.44. The van der Waals surface area contributed by atoms with Gasteiger partial charge in [-0.1, -0.05) is 0 Å². The van der Waals surface area contributed by atoms with Gasteiger partial charge in [0.05, 0.1) is 29.8 Å². The smallest absolute Gasteiger partial charge is 0.235 e. The first kappa shape index (κ1) is 23.0. The Kier molecular flexibility index (Phi) is 5.37. The summed E-state index contributed by atoms with van der Waals surface area (Å²) in [6.45, 7) is 5.72. The molecule has 5 N–H and O–H groups in total. The van der Waals surface area contributed by atoms with Gasteiger partial charge in [0.25, 0.3) is 0 Å². The van der Waals surface area contributed by atoms with Crippen LogP contribution < -0.4 is 16.8 Å². The highest BCUT2D eigenvalue weighted by Gasteiger charge is 2.32. The minimum atomic E-state index is -3.44. The summed E-state index contributed by atoms with van der Waals surface area (Å²) < 4.78 is 43.1. The van der Waals surface area contributed by atoms with E-state index in [1.807, 2.05) is 13.8 Å². The Morgan fingerprint density at radius 2 is 1.86 bits per heavy atom. The number of nitrogen functional groups attached to an aromatic ring is 2. The summed E-state index contributed by atoms with van der Waals surface area (Å²) in [5.74, 6) is 0.128. The van der Waals surface area contributed by atoms with E-state index < -0.39 is 15.8 Å². The molecule has 0 aliphatic carbocycles. The van der Waals surface area contributed by atoms with Crippen LogP contribution in [0, 0.1) is 12.7 Å². The number of nitrogens with one attached hydrogen (secondary N) is 1. The molecule has 35 heavy (non-hydrogen) atoms. The second-order valence-corrected chi connectivity index (χ2v) is 10.8. The maximum absolute atomic E-state index is 15.2. The van der Waals surface area contributed by atoms with E-state index in [1.54, 1.807) is 31.3 Å². The maximum atomic E-state index is 15.2. The number of aromatic nitrogens is 4. The van der Waals surface area contributed by atoms with Crippen molar-refractivity contribution in [3.63, 3.8) is 0 Å². The van der Waals surface area contributed by atoms with Crippen LogP contribution >= 0.6 is 0 Å². The van der Waals surface area contributed by atoms with Crippen LogP contribution in [0.4, 0.5) is 27.4 Å². The molecule has 0 amide bonds. The first-order valence-electron chi connectivity index (χ1n) is 11.0. The van der Waals surface area contributed by atoms with Crippen molar-refractivity contribution in [2.24, 2.45) is 0 Å². The van der Waals surface area contributed by atoms with Gasteiger partial charge in [0.1, 0.15) is 5.82 Å². The topological polar surface area (TPSA) is 145 Å². The van der Waals surface area contributed by atoms with Gasteiger partial charge >= 0.3 is 0 Å². The van der Waals surface area contributed by atoms with Crippen LogP contribution in [-0.4, -0.2) is 38.5 Å². The number of rotatable bonds is 4. The standard InChI is InChI=1S/C23H25FN8O2S/c1-12(2)32-10-15-6-21(30-31(15)11-35(32,33)34)29-20-5-14-4-16(17-7-27-9-19(25)13(17)3)22(24)23(26)18(14)8-28-20/h4-9,12H,10-11,25-26H2,1-3H3,(H,28,29,30). The van der Waals surface area contributed by atoms with Crippen molar-refractivity contribution in [1.29, 1.82) is 0 Å². The lowest BCUT2D eigenvalue weighted by molar-refractivity contribution is 0.317. The Bertz CT molecular complexity index is 1580. The molecule has 0 unspecified atom stereocenters. The van der Waals surface area contributed by atoms with Crippen LogP contribution in [0.2, 0.25) is 0 Å².